The van der Waals surface area contributed by atoms with Crippen molar-refractivity contribution in [1.29, 1.82) is 0 Å². The van der Waals surface area contributed by atoms with Crippen LogP contribution in [0.5, 0.6) is 0 Å². The zero-order valence-electron chi connectivity index (χ0n) is 13.8. The molecule has 2 N–H and O–H groups in total. The molecule has 8 nitrogen and oxygen atoms in total. The van der Waals surface area contributed by atoms with Crippen LogP contribution in [0.4, 0.5) is 5.69 Å². The van der Waals surface area contributed by atoms with E-state index in [0.29, 0.717) is 27.7 Å². The smallest absolute Gasteiger partial charge is 0.251 e. The number of nitrogens with one attached hydrogen (secondary N) is 2. The topological polar surface area (TPSA) is 102 Å². The van der Waals surface area contributed by atoms with E-state index in [1.165, 1.54) is 4.80 Å². The molecule has 0 fully saturated rings. The van der Waals surface area contributed by atoms with Gasteiger partial charge in [-0.2, -0.15) is 4.80 Å². The van der Waals surface area contributed by atoms with Crippen LogP contribution in [-0.2, 0) is 11.3 Å². The number of rotatable bonds is 5. The Morgan fingerprint density at radius 3 is 2.73 bits per heavy atom. The second-order valence-corrected chi connectivity index (χ2v) is 5.74. The second kappa shape index (κ2) is 7.75. The molecule has 0 atom stereocenters. The van der Waals surface area contributed by atoms with Crippen molar-refractivity contribution in [2.75, 3.05) is 12.4 Å². The lowest BCUT2D eigenvalue weighted by Crippen LogP contribution is -2.21. The third-order valence-corrected chi connectivity index (χ3v) is 3.82. The fraction of sp³-hybridized carbons (Fsp3) is 0.118. The summed E-state index contributed by atoms with van der Waals surface area (Å²) in [5.41, 5.74) is 1.59. The summed E-state index contributed by atoms with van der Waals surface area (Å²) in [4.78, 5) is 25.0. The summed E-state index contributed by atoms with van der Waals surface area (Å²) in [6.07, 6.45) is 0. The van der Waals surface area contributed by atoms with Crippen molar-refractivity contribution in [3.05, 3.63) is 59.1 Å². The van der Waals surface area contributed by atoms with Gasteiger partial charge in [0, 0.05) is 23.9 Å². The summed E-state index contributed by atoms with van der Waals surface area (Å²) in [6, 6.07) is 13.7. The van der Waals surface area contributed by atoms with Crippen LogP contribution < -0.4 is 10.6 Å². The molecule has 1 aromatic heterocycles. The number of aromatic nitrogens is 4. The van der Waals surface area contributed by atoms with Gasteiger partial charge < -0.3 is 10.6 Å². The Bertz CT molecular complexity index is 956. The van der Waals surface area contributed by atoms with Crippen LogP contribution >= 0.6 is 11.6 Å². The number of carbonyl (C=O) groups is 2. The molecule has 0 radical (unpaired) electrons. The lowest BCUT2D eigenvalue weighted by Gasteiger charge is -2.06. The van der Waals surface area contributed by atoms with Crippen molar-refractivity contribution in [3.63, 3.8) is 0 Å². The molecule has 3 aromatic rings. The van der Waals surface area contributed by atoms with Crippen LogP contribution in [0.25, 0.3) is 11.4 Å². The van der Waals surface area contributed by atoms with E-state index >= 15 is 0 Å². The quantitative estimate of drug-likeness (QED) is 0.715. The highest BCUT2D eigenvalue weighted by Crippen LogP contribution is 2.23. The molecule has 3 rings (SSSR count). The van der Waals surface area contributed by atoms with Crippen molar-refractivity contribution < 1.29 is 9.59 Å². The van der Waals surface area contributed by atoms with Gasteiger partial charge in [0.15, 0.2) is 0 Å². The van der Waals surface area contributed by atoms with E-state index in [0.717, 1.165) is 0 Å². The summed E-state index contributed by atoms with van der Waals surface area (Å²) < 4.78 is 0. The highest BCUT2D eigenvalue weighted by molar-refractivity contribution is 6.33. The Morgan fingerprint density at radius 2 is 1.96 bits per heavy atom. The van der Waals surface area contributed by atoms with E-state index < -0.39 is 0 Å². The van der Waals surface area contributed by atoms with Gasteiger partial charge >= 0.3 is 0 Å². The van der Waals surface area contributed by atoms with Crippen molar-refractivity contribution in [3.8, 4) is 11.4 Å². The Balaban J connectivity index is 1.68. The van der Waals surface area contributed by atoms with E-state index in [1.807, 2.05) is 6.07 Å². The number of benzene rings is 2. The summed E-state index contributed by atoms with van der Waals surface area (Å²) in [6.45, 7) is -0.123. The van der Waals surface area contributed by atoms with E-state index in [-0.39, 0.29) is 18.4 Å². The molecule has 1 heterocycles. The minimum atomic E-state index is -0.345. The first-order chi connectivity index (χ1) is 12.6. The molecule has 0 spiro atoms. The predicted molar refractivity (Wildman–Crippen MR) is 96.7 cm³/mol. The number of amides is 2. The Hall–Kier alpha value is -3.26. The van der Waals surface area contributed by atoms with Crippen LogP contribution in [0.3, 0.4) is 0 Å². The van der Waals surface area contributed by atoms with Crippen LogP contribution in [0.2, 0.25) is 5.02 Å². The molecule has 9 heteroatoms. The molecular formula is C17H15ClN6O2. The van der Waals surface area contributed by atoms with Gasteiger partial charge in [0.25, 0.3) is 5.91 Å². The normalized spacial score (nSPS) is 10.4. The van der Waals surface area contributed by atoms with Crippen LogP contribution in [0.15, 0.2) is 48.5 Å². The number of hydrogen-bond acceptors (Lipinski definition) is 5. The largest absolute Gasteiger partial charge is 0.355 e. The minimum Gasteiger partial charge on any atom is -0.355 e. The van der Waals surface area contributed by atoms with Gasteiger partial charge in [-0.1, -0.05) is 29.8 Å². The van der Waals surface area contributed by atoms with Crippen LogP contribution in [0.1, 0.15) is 10.4 Å². The summed E-state index contributed by atoms with van der Waals surface area (Å²) in [5.74, 6) is -0.240. The number of tetrazole rings is 1. The second-order valence-electron chi connectivity index (χ2n) is 5.33. The first-order valence-corrected chi connectivity index (χ1v) is 8.09. The molecule has 26 heavy (non-hydrogen) atoms. The number of hydrogen-bond donors (Lipinski definition) is 2. The van der Waals surface area contributed by atoms with Gasteiger partial charge in [0.2, 0.25) is 11.7 Å². The highest BCUT2D eigenvalue weighted by Gasteiger charge is 2.12. The number of halogens is 1. The van der Waals surface area contributed by atoms with Gasteiger partial charge in [-0.3, -0.25) is 9.59 Å². The minimum absolute atomic E-state index is 0.123. The number of nitrogens with zero attached hydrogens (tertiary/aromatic N) is 4. The lowest BCUT2D eigenvalue weighted by molar-refractivity contribution is -0.117. The molecule has 2 aromatic carbocycles. The number of anilines is 1. The maximum absolute atomic E-state index is 12.2. The monoisotopic (exact) mass is 370 g/mol. The van der Waals surface area contributed by atoms with E-state index in [4.69, 9.17) is 11.6 Å². The van der Waals surface area contributed by atoms with Crippen molar-refractivity contribution in [1.82, 2.24) is 25.5 Å². The molecule has 0 saturated carbocycles. The fourth-order valence-electron chi connectivity index (χ4n) is 2.27. The zero-order valence-corrected chi connectivity index (χ0v) is 14.6. The SMILES string of the molecule is CNC(=O)c1cccc(NC(=O)Cn2nnc(-c3ccccc3Cl)n2)c1. The average molecular weight is 371 g/mol. The van der Waals surface area contributed by atoms with E-state index in [2.05, 4.69) is 26.0 Å². The zero-order chi connectivity index (χ0) is 18.5. The molecule has 132 valence electrons. The molecule has 0 unspecified atom stereocenters. The van der Waals surface area contributed by atoms with Gasteiger partial charge in [0.05, 0.1) is 5.02 Å². The average Bonchev–Trinajstić information content (AvgIpc) is 3.09. The van der Waals surface area contributed by atoms with Gasteiger partial charge in [-0.05, 0) is 35.5 Å². The van der Waals surface area contributed by atoms with Gasteiger partial charge in [-0.25, -0.2) is 0 Å². The molecule has 0 aliphatic carbocycles. The number of carbonyl (C=O) groups excluding carboxylic acids is 2. The third-order valence-electron chi connectivity index (χ3n) is 3.49. The van der Waals surface area contributed by atoms with Gasteiger partial charge in [-0.15, -0.1) is 10.2 Å². The van der Waals surface area contributed by atoms with Crippen molar-refractivity contribution >= 4 is 29.1 Å². The van der Waals surface area contributed by atoms with Crippen LogP contribution in [-0.4, -0.2) is 39.1 Å². The molecule has 0 aliphatic heterocycles. The molecule has 2 amide bonds. The first kappa shape index (κ1) is 17.6. The first-order valence-electron chi connectivity index (χ1n) is 7.71. The third kappa shape index (κ3) is 4.04. The Morgan fingerprint density at radius 1 is 1.15 bits per heavy atom. The van der Waals surface area contributed by atoms with E-state index in [1.54, 1.807) is 49.5 Å². The maximum atomic E-state index is 12.2. The predicted octanol–water partition coefficient (Wildman–Crippen LogP) is 1.99. The Kier molecular flexibility index (Phi) is 5.23. The molecule has 0 saturated heterocycles. The maximum Gasteiger partial charge on any atom is 0.251 e. The van der Waals surface area contributed by atoms with E-state index in [9.17, 15) is 9.59 Å². The standard InChI is InChI=1S/C17H15ClN6O2/c1-19-17(26)11-5-4-6-12(9-11)20-15(25)10-24-22-16(21-23-24)13-7-2-3-8-14(13)18/h2-9H,10H2,1H3,(H,19,26)(H,20,25). The molecule has 0 aliphatic rings. The molecular weight excluding hydrogens is 356 g/mol. The lowest BCUT2D eigenvalue weighted by atomic mass is 10.2. The summed E-state index contributed by atoms with van der Waals surface area (Å²) >= 11 is 6.10. The molecule has 0 bridgehead atoms. The van der Waals surface area contributed by atoms with Crippen molar-refractivity contribution in [2.24, 2.45) is 0 Å². The van der Waals surface area contributed by atoms with Crippen molar-refractivity contribution in [2.45, 2.75) is 6.54 Å². The van der Waals surface area contributed by atoms with Crippen LogP contribution in [0, 0.1) is 0 Å². The highest BCUT2D eigenvalue weighted by atomic mass is 35.5. The Labute approximate surface area is 154 Å². The summed E-state index contributed by atoms with van der Waals surface area (Å²) in [7, 11) is 1.54. The van der Waals surface area contributed by atoms with Gasteiger partial charge in [0.1, 0.15) is 6.54 Å². The fourth-order valence-corrected chi connectivity index (χ4v) is 2.49. The summed E-state index contributed by atoms with van der Waals surface area (Å²) in [5, 5.41) is 17.7.